The van der Waals surface area contributed by atoms with E-state index in [1.807, 2.05) is 0 Å². The Morgan fingerprint density at radius 1 is 1.06 bits per heavy atom. The summed E-state index contributed by atoms with van der Waals surface area (Å²) in [4.78, 5) is 24.3. The van der Waals surface area contributed by atoms with E-state index >= 15 is 0 Å². The fourth-order valence-corrected chi connectivity index (χ4v) is 1.38. The van der Waals surface area contributed by atoms with Crippen LogP contribution in [0.25, 0.3) is 0 Å². The molecule has 0 unspecified atom stereocenters. The normalized spacial score (nSPS) is 9.00. The highest BCUT2D eigenvalue weighted by Gasteiger charge is 2.14. The van der Waals surface area contributed by atoms with Crippen LogP contribution in [0, 0.1) is 24.7 Å². The highest BCUT2D eigenvalue weighted by Crippen LogP contribution is 2.07. The first-order chi connectivity index (χ1) is 8.60. The Morgan fingerprint density at radius 2 is 1.50 bits per heavy atom. The number of nitrogens with two attached hydrogens (primary N) is 1. The van der Waals surface area contributed by atoms with Gasteiger partial charge in [0.2, 0.25) is 5.91 Å². The minimum absolute atomic E-state index is 0.139. The van der Waals surface area contributed by atoms with Crippen LogP contribution >= 0.6 is 0 Å². The maximum atomic E-state index is 12.0. The third-order valence-corrected chi connectivity index (χ3v) is 2.27. The first kappa shape index (κ1) is 13.3. The lowest BCUT2D eigenvalue weighted by Crippen LogP contribution is -2.31. The van der Waals surface area contributed by atoms with Crippen LogP contribution in [0.2, 0.25) is 0 Å². The zero-order valence-electron chi connectivity index (χ0n) is 9.72. The Morgan fingerprint density at radius 3 is 1.89 bits per heavy atom. The van der Waals surface area contributed by atoms with E-state index in [2.05, 4.69) is 11.8 Å². The quantitative estimate of drug-likeness (QED) is 0.779. The molecule has 0 heterocycles. The van der Waals surface area contributed by atoms with Crippen molar-refractivity contribution in [1.82, 2.24) is 4.90 Å². The molecule has 0 saturated heterocycles. The van der Waals surface area contributed by atoms with E-state index in [1.54, 1.807) is 0 Å². The van der Waals surface area contributed by atoms with Gasteiger partial charge in [0, 0.05) is 11.1 Å². The molecule has 0 radical (unpaired) electrons. The number of carbonyl (C=O) groups excluding carboxylic acids is 2. The van der Waals surface area contributed by atoms with Crippen LogP contribution in [0.3, 0.4) is 0 Å². The average molecular weight is 240 g/mol. The molecule has 1 aromatic carbocycles. The molecule has 0 spiro atoms. The van der Waals surface area contributed by atoms with E-state index in [9.17, 15) is 9.59 Å². The van der Waals surface area contributed by atoms with Crippen LogP contribution in [0.15, 0.2) is 24.3 Å². The Bertz CT molecular complexity index is 516. The van der Waals surface area contributed by atoms with E-state index < -0.39 is 5.91 Å². The molecule has 0 aliphatic rings. The molecule has 0 bridgehead atoms. The predicted octanol–water partition coefficient (Wildman–Crippen LogP) is 0.494. The lowest BCUT2D eigenvalue weighted by atomic mass is 10.1. The van der Waals surface area contributed by atoms with Crippen molar-refractivity contribution in [3.8, 4) is 24.7 Å². The molecule has 0 aliphatic heterocycles. The predicted molar refractivity (Wildman–Crippen MR) is 68.5 cm³/mol. The number of rotatable bonds is 4. The largest absolute Gasteiger partial charge is 0.366 e. The number of primary amides is 1. The first-order valence-electron chi connectivity index (χ1n) is 5.16. The lowest BCUT2D eigenvalue weighted by molar-refractivity contribution is 0.0795. The van der Waals surface area contributed by atoms with Crippen LogP contribution in [0.5, 0.6) is 0 Å². The highest BCUT2D eigenvalue weighted by molar-refractivity contribution is 5.97. The van der Waals surface area contributed by atoms with Gasteiger partial charge in [0.25, 0.3) is 5.91 Å². The van der Waals surface area contributed by atoms with Crippen LogP contribution in [0.1, 0.15) is 20.7 Å². The minimum atomic E-state index is -0.543. The van der Waals surface area contributed by atoms with E-state index in [0.717, 1.165) is 0 Å². The molecular weight excluding hydrogens is 228 g/mol. The van der Waals surface area contributed by atoms with Crippen molar-refractivity contribution in [2.24, 2.45) is 5.73 Å². The van der Waals surface area contributed by atoms with Crippen LogP contribution in [-0.4, -0.2) is 29.8 Å². The van der Waals surface area contributed by atoms with E-state index in [0.29, 0.717) is 11.1 Å². The topological polar surface area (TPSA) is 63.4 Å². The van der Waals surface area contributed by atoms with Crippen LogP contribution in [0.4, 0.5) is 0 Å². The van der Waals surface area contributed by atoms with Crippen molar-refractivity contribution in [2.45, 2.75) is 0 Å². The summed E-state index contributed by atoms with van der Waals surface area (Å²) in [5, 5.41) is 0. The molecule has 1 rings (SSSR count). The smallest absolute Gasteiger partial charge is 0.255 e. The van der Waals surface area contributed by atoms with Crippen molar-refractivity contribution in [3.05, 3.63) is 35.4 Å². The second-order valence-electron chi connectivity index (χ2n) is 3.51. The second kappa shape index (κ2) is 6.12. The molecule has 0 aliphatic carbocycles. The van der Waals surface area contributed by atoms with E-state index in [4.69, 9.17) is 18.6 Å². The summed E-state index contributed by atoms with van der Waals surface area (Å²) in [5.41, 5.74) is 5.86. The molecular formula is C14H12N2O2. The SMILES string of the molecule is C#CCN(CC#C)C(=O)c1ccc(C(N)=O)cc1. The number of benzene rings is 1. The number of terminal acetylenes is 2. The number of hydrogen-bond donors (Lipinski definition) is 1. The fraction of sp³-hybridized carbons (Fsp3) is 0.143. The van der Waals surface area contributed by atoms with Crippen molar-refractivity contribution < 1.29 is 9.59 Å². The summed E-state index contributed by atoms with van der Waals surface area (Å²) in [6.07, 6.45) is 10.3. The van der Waals surface area contributed by atoms with Gasteiger partial charge in [-0.2, -0.15) is 0 Å². The van der Waals surface area contributed by atoms with Gasteiger partial charge in [-0.25, -0.2) is 0 Å². The van der Waals surface area contributed by atoms with Crippen molar-refractivity contribution >= 4 is 11.8 Å². The zero-order valence-corrected chi connectivity index (χ0v) is 9.72. The second-order valence-corrected chi connectivity index (χ2v) is 3.51. The monoisotopic (exact) mass is 240 g/mol. The molecule has 0 fully saturated rings. The van der Waals surface area contributed by atoms with Crippen LogP contribution in [-0.2, 0) is 0 Å². The minimum Gasteiger partial charge on any atom is -0.366 e. The number of carbonyl (C=O) groups is 2. The number of nitrogens with zero attached hydrogens (tertiary/aromatic N) is 1. The Kier molecular flexibility index (Phi) is 4.54. The summed E-state index contributed by atoms with van der Waals surface area (Å²) >= 11 is 0. The van der Waals surface area contributed by atoms with Crippen molar-refractivity contribution in [1.29, 1.82) is 0 Å². The summed E-state index contributed by atoms with van der Waals surface area (Å²) in [7, 11) is 0. The third kappa shape index (κ3) is 3.13. The number of amides is 2. The van der Waals surface area contributed by atoms with Crippen molar-refractivity contribution in [2.75, 3.05) is 13.1 Å². The van der Waals surface area contributed by atoms with Crippen LogP contribution < -0.4 is 5.73 Å². The van der Waals surface area contributed by atoms with Gasteiger partial charge in [0.1, 0.15) is 0 Å². The lowest BCUT2D eigenvalue weighted by Gasteiger charge is -2.17. The number of hydrogen-bond acceptors (Lipinski definition) is 2. The maximum absolute atomic E-state index is 12.0. The molecule has 0 saturated carbocycles. The molecule has 2 amide bonds. The highest BCUT2D eigenvalue weighted by atomic mass is 16.2. The fourth-order valence-electron chi connectivity index (χ4n) is 1.38. The van der Waals surface area contributed by atoms with Gasteiger partial charge in [-0.05, 0) is 24.3 Å². The van der Waals surface area contributed by atoms with Gasteiger partial charge in [-0.3, -0.25) is 9.59 Å². The molecule has 18 heavy (non-hydrogen) atoms. The van der Waals surface area contributed by atoms with Gasteiger partial charge in [0.15, 0.2) is 0 Å². The molecule has 0 aromatic heterocycles. The maximum Gasteiger partial charge on any atom is 0.255 e. The first-order valence-corrected chi connectivity index (χ1v) is 5.16. The summed E-state index contributed by atoms with van der Waals surface area (Å²) in [6, 6.07) is 6.00. The zero-order chi connectivity index (χ0) is 13.5. The third-order valence-electron chi connectivity index (χ3n) is 2.27. The molecule has 4 heteroatoms. The van der Waals surface area contributed by atoms with Gasteiger partial charge >= 0.3 is 0 Å². The summed E-state index contributed by atoms with van der Waals surface area (Å²) in [5.74, 6) is 3.92. The van der Waals surface area contributed by atoms with Gasteiger partial charge in [-0.15, -0.1) is 12.8 Å². The average Bonchev–Trinajstić information content (AvgIpc) is 2.38. The Labute approximate surface area is 106 Å². The Balaban J connectivity index is 2.92. The molecule has 4 nitrogen and oxygen atoms in total. The van der Waals surface area contributed by atoms with Gasteiger partial charge < -0.3 is 10.6 Å². The standard InChI is InChI=1S/C14H12N2O2/c1-3-9-16(10-4-2)14(18)12-7-5-11(6-8-12)13(15)17/h1-2,5-8H,9-10H2,(H2,15,17). The van der Waals surface area contributed by atoms with Crippen molar-refractivity contribution in [3.63, 3.8) is 0 Å². The van der Waals surface area contributed by atoms with Gasteiger partial charge in [0.05, 0.1) is 13.1 Å². The molecule has 90 valence electrons. The Hall–Kier alpha value is -2.72. The molecule has 2 N–H and O–H groups in total. The molecule has 0 atom stereocenters. The molecule has 1 aromatic rings. The van der Waals surface area contributed by atoms with E-state index in [1.165, 1.54) is 29.2 Å². The van der Waals surface area contributed by atoms with E-state index in [-0.39, 0.29) is 19.0 Å². The summed E-state index contributed by atoms with van der Waals surface area (Å²) < 4.78 is 0. The van der Waals surface area contributed by atoms with Gasteiger partial charge in [-0.1, -0.05) is 11.8 Å². The summed E-state index contributed by atoms with van der Waals surface area (Å²) in [6.45, 7) is 0.279.